The molecule has 0 bridgehead atoms. The fourth-order valence-electron chi connectivity index (χ4n) is 6.28. The molecule has 1 aromatic carbocycles. The van der Waals surface area contributed by atoms with Gasteiger partial charge >= 0.3 is 0 Å². The zero-order valence-corrected chi connectivity index (χ0v) is 25.4. The smallest absolute Gasteiger partial charge is 0.229 e. The van der Waals surface area contributed by atoms with E-state index < -0.39 is 68.0 Å². The van der Waals surface area contributed by atoms with E-state index >= 15 is 0 Å². The maximum absolute atomic E-state index is 10.9. The van der Waals surface area contributed by atoms with Crippen molar-refractivity contribution in [2.75, 3.05) is 6.61 Å². The highest BCUT2D eigenvalue weighted by atomic mass is 16.7. The van der Waals surface area contributed by atoms with Gasteiger partial charge in [0, 0.05) is 11.5 Å². The third kappa shape index (κ3) is 7.11. The van der Waals surface area contributed by atoms with Crippen LogP contribution in [0.3, 0.4) is 0 Å². The van der Waals surface area contributed by atoms with Gasteiger partial charge in [-0.3, -0.25) is 0 Å². The third-order valence-electron chi connectivity index (χ3n) is 8.82. The van der Waals surface area contributed by atoms with E-state index in [-0.39, 0.29) is 17.6 Å². The predicted octanol–water partition coefficient (Wildman–Crippen LogP) is 1.43. The number of aliphatic hydroxyl groups is 7. The minimum absolute atomic E-state index is 0.0202. The first-order valence-electron chi connectivity index (χ1n) is 15.2. The van der Waals surface area contributed by atoms with Gasteiger partial charge in [-0.1, -0.05) is 44.1 Å². The number of aliphatic hydroxyl groups excluding tert-OH is 7. The molecule has 2 aliphatic heterocycles. The molecule has 0 unspecified atom stereocenters. The van der Waals surface area contributed by atoms with Crippen molar-refractivity contribution >= 4 is 0 Å². The molecule has 0 spiro atoms. The highest BCUT2D eigenvalue weighted by molar-refractivity contribution is 5.53. The molecule has 2 saturated heterocycles. The number of hydrogen-bond acceptors (Lipinski definition) is 11. The van der Waals surface area contributed by atoms with Crippen LogP contribution in [0, 0.1) is 5.92 Å². The Bertz CT molecular complexity index is 1080. The standard InChI is InChI=1S/C32H48O11/c1-6-8-17-12-21(41-31-29(38)27(36)25(34)20(7-2)40-31)24(19-11-16(5)9-10-18(19)15(3)4)22(13-17)42-32-30(39)28(37)26(35)23(14-33)43-32/h11-13,18-20,23,25-39H,3,6-10,14H2,1-2,4-5H3/t18-,19+,20+,23+,25+,26+,27-,28-,29+,30+,31-,32+/m0/s1. The SMILES string of the molecule is C=C(C)[C@@H]1CCC(C)=C[C@H]1c1c(O[C@@H]2O[C@H](CC)[C@@H](O)[C@H](O)[C@H]2O)cc(CCC)cc1O[C@@H]1O[C@H](CO)[C@@H](O)[C@H](O)[C@H]1O. The first-order chi connectivity index (χ1) is 20.4. The van der Waals surface area contributed by atoms with E-state index in [1.807, 2.05) is 32.9 Å². The van der Waals surface area contributed by atoms with Crippen LogP contribution in [0.1, 0.15) is 70.4 Å². The van der Waals surface area contributed by atoms with Crippen molar-refractivity contribution in [3.63, 3.8) is 0 Å². The summed E-state index contributed by atoms with van der Waals surface area (Å²) in [7, 11) is 0. The second kappa shape index (κ2) is 14.4. The number of aryl methyl sites for hydroxylation is 1. The minimum Gasteiger partial charge on any atom is -0.462 e. The summed E-state index contributed by atoms with van der Waals surface area (Å²) in [4.78, 5) is 0. The average Bonchev–Trinajstić information content (AvgIpc) is 2.97. The molecule has 242 valence electrons. The monoisotopic (exact) mass is 608 g/mol. The quantitative estimate of drug-likeness (QED) is 0.191. The lowest BCUT2D eigenvalue weighted by Crippen LogP contribution is -2.60. The van der Waals surface area contributed by atoms with Crippen LogP contribution in [0.5, 0.6) is 11.5 Å². The molecule has 43 heavy (non-hydrogen) atoms. The summed E-state index contributed by atoms with van der Waals surface area (Å²) >= 11 is 0. The van der Waals surface area contributed by atoms with Crippen molar-refractivity contribution in [1.82, 2.24) is 0 Å². The summed E-state index contributed by atoms with van der Waals surface area (Å²) in [5.74, 6) is 0.267. The minimum atomic E-state index is -1.63. The Balaban J connectivity index is 1.86. The maximum Gasteiger partial charge on any atom is 0.229 e. The lowest BCUT2D eigenvalue weighted by atomic mass is 9.73. The van der Waals surface area contributed by atoms with Gasteiger partial charge in [0.1, 0.15) is 54.2 Å². The van der Waals surface area contributed by atoms with E-state index in [0.717, 1.165) is 36.0 Å². The van der Waals surface area contributed by atoms with Crippen molar-refractivity contribution in [3.8, 4) is 11.5 Å². The zero-order chi connectivity index (χ0) is 31.6. The van der Waals surface area contributed by atoms with Gasteiger partial charge in [0.2, 0.25) is 12.6 Å². The number of ether oxygens (including phenoxy) is 4. The van der Waals surface area contributed by atoms with Gasteiger partial charge in [0.15, 0.2) is 0 Å². The Labute approximate surface area is 253 Å². The fourth-order valence-corrected chi connectivity index (χ4v) is 6.28. The molecule has 2 fully saturated rings. The lowest BCUT2D eigenvalue weighted by Gasteiger charge is -2.42. The molecule has 11 nitrogen and oxygen atoms in total. The summed E-state index contributed by atoms with van der Waals surface area (Å²) in [5, 5.41) is 73.1. The molecular formula is C32H48O11. The largest absolute Gasteiger partial charge is 0.462 e. The summed E-state index contributed by atoms with van der Waals surface area (Å²) in [6, 6.07) is 3.65. The molecule has 3 aliphatic rings. The van der Waals surface area contributed by atoms with Crippen LogP contribution in [-0.2, 0) is 15.9 Å². The Kier molecular flexibility index (Phi) is 11.3. The van der Waals surface area contributed by atoms with Crippen LogP contribution < -0.4 is 9.47 Å². The molecule has 4 rings (SSSR count). The van der Waals surface area contributed by atoms with Gasteiger partial charge in [-0.15, -0.1) is 0 Å². The van der Waals surface area contributed by atoms with Crippen molar-refractivity contribution in [2.24, 2.45) is 5.92 Å². The van der Waals surface area contributed by atoms with E-state index in [9.17, 15) is 35.7 Å². The fraction of sp³-hybridized carbons (Fsp3) is 0.688. The van der Waals surface area contributed by atoms with Gasteiger partial charge in [-0.05, 0) is 63.1 Å². The van der Waals surface area contributed by atoms with Crippen molar-refractivity contribution in [3.05, 3.63) is 47.1 Å². The topological polar surface area (TPSA) is 179 Å². The first-order valence-corrected chi connectivity index (χ1v) is 15.2. The average molecular weight is 609 g/mol. The van der Waals surface area contributed by atoms with E-state index in [1.165, 1.54) is 0 Å². The molecule has 0 amide bonds. The van der Waals surface area contributed by atoms with Crippen molar-refractivity contribution in [2.45, 2.75) is 127 Å². The Morgan fingerprint density at radius 3 is 1.88 bits per heavy atom. The molecule has 11 heteroatoms. The second-order valence-corrected chi connectivity index (χ2v) is 12.1. The highest BCUT2D eigenvalue weighted by Crippen LogP contribution is 2.48. The summed E-state index contributed by atoms with van der Waals surface area (Å²) in [6.45, 7) is 11.4. The van der Waals surface area contributed by atoms with Crippen molar-refractivity contribution < 1.29 is 54.7 Å². The van der Waals surface area contributed by atoms with E-state index in [4.69, 9.17) is 18.9 Å². The Morgan fingerprint density at radius 2 is 1.40 bits per heavy atom. The van der Waals surface area contributed by atoms with Crippen LogP contribution >= 0.6 is 0 Å². The molecule has 0 radical (unpaired) electrons. The van der Waals surface area contributed by atoms with Gasteiger partial charge in [-0.2, -0.15) is 0 Å². The number of benzene rings is 1. The number of allylic oxidation sites excluding steroid dienone is 3. The highest BCUT2D eigenvalue weighted by Gasteiger charge is 2.47. The second-order valence-electron chi connectivity index (χ2n) is 12.1. The molecule has 7 N–H and O–H groups in total. The van der Waals surface area contributed by atoms with Gasteiger partial charge in [0.25, 0.3) is 0 Å². The van der Waals surface area contributed by atoms with Crippen molar-refractivity contribution in [1.29, 1.82) is 0 Å². The normalized spacial score (nSPS) is 38.3. The molecule has 2 heterocycles. The zero-order valence-electron chi connectivity index (χ0n) is 25.4. The van der Waals surface area contributed by atoms with Gasteiger partial charge in [0.05, 0.1) is 12.7 Å². The van der Waals surface area contributed by atoms with Crippen LogP contribution in [0.25, 0.3) is 0 Å². The van der Waals surface area contributed by atoms with Gasteiger partial charge < -0.3 is 54.7 Å². The maximum atomic E-state index is 10.9. The summed E-state index contributed by atoms with van der Waals surface area (Å²) in [5.41, 5.74) is 3.45. The van der Waals surface area contributed by atoms with Crippen LogP contribution in [0.2, 0.25) is 0 Å². The summed E-state index contributed by atoms with van der Waals surface area (Å²) in [6.07, 6.45) is -8.23. The van der Waals surface area contributed by atoms with Crippen LogP contribution in [0.15, 0.2) is 35.9 Å². The lowest BCUT2D eigenvalue weighted by molar-refractivity contribution is -0.278. The number of rotatable bonds is 10. The number of hydrogen-bond donors (Lipinski definition) is 7. The molecule has 1 aromatic rings. The van der Waals surface area contributed by atoms with E-state index in [1.54, 1.807) is 6.92 Å². The predicted molar refractivity (Wildman–Crippen MR) is 156 cm³/mol. The van der Waals surface area contributed by atoms with E-state index in [2.05, 4.69) is 12.7 Å². The van der Waals surface area contributed by atoms with Gasteiger partial charge in [-0.25, -0.2) is 0 Å². The molecule has 1 aliphatic carbocycles. The Hall–Kier alpha value is -2.06. The van der Waals surface area contributed by atoms with Crippen LogP contribution in [-0.4, -0.2) is 104 Å². The summed E-state index contributed by atoms with van der Waals surface area (Å²) < 4.78 is 24.3. The Morgan fingerprint density at radius 1 is 0.860 bits per heavy atom. The molecule has 0 aromatic heterocycles. The van der Waals surface area contributed by atoms with Crippen LogP contribution in [0.4, 0.5) is 0 Å². The third-order valence-corrected chi connectivity index (χ3v) is 8.82. The first kappa shape index (κ1) is 33.8. The molecular weight excluding hydrogens is 560 g/mol. The van der Waals surface area contributed by atoms with E-state index in [0.29, 0.717) is 24.2 Å². The molecule has 0 saturated carbocycles. The molecule has 12 atom stereocenters.